The van der Waals surface area contributed by atoms with Gasteiger partial charge in [-0.3, -0.25) is 4.90 Å². The summed E-state index contributed by atoms with van der Waals surface area (Å²) in [5, 5.41) is 3.43. The third kappa shape index (κ3) is 5.16. The van der Waals surface area contributed by atoms with Crippen LogP contribution < -0.4 is 10.1 Å². The van der Waals surface area contributed by atoms with Crippen LogP contribution in [0, 0.1) is 0 Å². The highest BCUT2D eigenvalue weighted by atomic mass is 16.5. The smallest absolute Gasteiger partial charge is 0.142 e. The summed E-state index contributed by atoms with van der Waals surface area (Å²) in [7, 11) is 3.48. The van der Waals surface area contributed by atoms with Crippen molar-refractivity contribution < 1.29 is 14.2 Å². The first-order chi connectivity index (χ1) is 10.7. The number of rotatable bonds is 9. The van der Waals surface area contributed by atoms with E-state index < -0.39 is 0 Å². The zero-order valence-corrected chi connectivity index (χ0v) is 13.9. The second-order valence-corrected chi connectivity index (χ2v) is 5.72. The largest absolute Gasteiger partial charge is 0.487 e. The van der Waals surface area contributed by atoms with Crippen molar-refractivity contribution in [1.29, 1.82) is 0 Å². The van der Waals surface area contributed by atoms with E-state index in [-0.39, 0.29) is 6.10 Å². The Morgan fingerprint density at radius 2 is 1.91 bits per heavy atom. The molecule has 1 aromatic carbocycles. The van der Waals surface area contributed by atoms with E-state index >= 15 is 0 Å². The van der Waals surface area contributed by atoms with Crippen molar-refractivity contribution in [2.24, 2.45) is 0 Å². The average Bonchev–Trinajstić information content (AvgIpc) is 2.54. The molecule has 1 atom stereocenters. The van der Waals surface area contributed by atoms with Crippen molar-refractivity contribution in [3.05, 3.63) is 23.8 Å². The molecule has 0 radical (unpaired) electrons. The monoisotopic (exact) mass is 308 g/mol. The molecule has 1 aliphatic heterocycles. The van der Waals surface area contributed by atoms with Crippen LogP contribution in [0.1, 0.15) is 12.5 Å². The Morgan fingerprint density at radius 3 is 2.59 bits per heavy atom. The van der Waals surface area contributed by atoms with E-state index in [2.05, 4.69) is 35.3 Å². The molecule has 1 aliphatic rings. The van der Waals surface area contributed by atoms with E-state index in [1.165, 1.54) is 5.56 Å². The molecule has 0 fully saturated rings. The first-order valence-electron chi connectivity index (χ1n) is 7.96. The molecule has 0 aliphatic carbocycles. The maximum atomic E-state index is 5.81. The Kier molecular flexibility index (Phi) is 6.96. The maximum absolute atomic E-state index is 5.81. The number of nitrogens with one attached hydrogen (secondary N) is 1. The van der Waals surface area contributed by atoms with E-state index in [9.17, 15) is 0 Å². The van der Waals surface area contributed by atoms with Crippen LogP contribution in [0.2, 0.25) is 0 Å². The number of nitrogens with zero attached hydrogens (tertiary/aromatic N) is 1. The van der Waals surface area contributed by atoms with Crippen molar-refractivity contribution in [2.75, 3.05) is 58.9 Å². The molecule has 1 aromatic rings. The van der Waals surface area contributed by atoms with Gasteiger partial charge in [-0.1, -0.05) is 6.07 Å². The molecule has 0 spiro atoms. The fourth-order valence-electron chi connectivity index (χ4n) is 2.55. The third-order valence-corrected chi connectivity index (χ3v) is 3.89. The van der Waals surface area contributed by atoms with E-state index in [1.54, 1.807) is 14.2 Å². The highest BCUT2D eigenvalue weighted by molar-refractivity contribution is 5.59. The van der Waals surface area contributed by atoms with Crippen LogP contribution in [0.15, 0.2) is 18.2 Å². The summed E-state index contributed by atoms with van der Waals surface area (Å²) in [6.45, 7) is 7.32. The topological polar surface area (TPSA) is 43.0 Å². The van der Waals surface area contributed by atoms with Gasteiger partial charge in [-0.2, -0.15) is 0 Å². The van der Waals surface area contributed by atoms with Gasteiger partial charge < -0.3 is 19.5 Å². The Morgan fingerprint density at radius 1 is 1.18 bits per heavy atom. The van der Waals surface area contributed by atoms with Crippen LogP contribution >= 0.6 is 0 Å². The van der Waals surface area contributed by atoms with Gasteiger partial charge in [-0.05, 0) is 31.0 Å². The normalized spacial score (nSPS) is 17.0. The Bertz CT molecular complexity index is 446. The van der Waals surface area contributed by atoms with Gasteiger partial charge >= 0.3 is 0 Å². The molecule has 0 saturated carbocycles. The lowest BCUT2D eigenvalue weighted by molar-refractivity contribution is 0.115. The van der Waals surface area contributed by atoms with Gasteiger partial charge in [0.1, 0.15) is 11.9 Å². The predicted octanol–water partition coefficient (Wildman–Crippen LogP) is 2.02. The number of methoxy groups -OCH3 is 2. The molecule has 0 amide bonds. The molecule has 5 nitrogen and oxygen atoms in total. The van der Waals surface area contributed by atoms with E-state index in [4.69, 9.17) is 14.2 Å². The first kappa shape index (κ1) is 17.1. The second-order valence-electron chi connectivity index (χ2n) is 5.72. The molecule has 1 unspecified atom stereocenters. The van der Waals surface area contributed by atoms with Gasteiger partial charge in [0, 0.05) is 33.9 Å². The lowest BCUT2D eigenvalue weighted by atomic mass is 10.1. The van der Waals surface area contributed by atoms with Gasteiger partial charge in [0.15, 0.2) is 0 Å². The average molecular weight is 308 g/mol. The van der Waals surface area contributed by atoms with Crippen LogP contribution in [0.25, 0.3) is 0 Å². The molecule has 22 heavy (non-hydrogen) atoms. The minimum atomic E-state index is 0.233. The molecule has 2 rings (SSSR count). The molecule has 124 valence electrons. The van der Waals surface area contributed by atoms with Crippen molar-refractivity contribution in [3.8, 4) is 5.75 Å². The third-order valence-electron chi connectivity index (χ3n) is 3.89. The Hall–Kier alpha value is -1.30. The summed E-state index contributed by atoms with van der Waals surface area (Å²) in [6, 6.07) is 6.43. The quantitative estimate of drug-likeness (QED) is 0.756. The van der Waals surface area contributed by atoms with Crippen molar-refractivity contribution in [2.45, 2.75) is 19.4 Å². The number of hydrogen-bond acceptors (Lipinski definition) is 5. The number of ether oxygens (including phenoxy) is 3. The zero-order chi connectivity index (χ0) is 15.8. The van der Waals surface area contributed by atoms with Crippen LogP contribution in [0.4, 0.5) is 5.69 Å². The highest BCUT2D eigenvalue weighted by Gasteiger charge is 2.15. The molecule has 1 heterocycles. The number of fused-ring (bicyclic) bond motifs is 1. The van der Waals surface area contributed by atoms with E-state index in [1.807, 2.05) is 0 Å². The maximum Gasteiger partial charge on any atom is 0.142 e. The molecule has 0 aromatic heterocycles. The second kappa shape index (κ2) is 8.98. The summed E-state index contributed by atoms with van der Waals surface area (Å²) < 4.78 is 16.2. The summed E-state index contributed by atoms with van der Waals surface area (Å²) >= 11 is 0. The van der Waals surface area contributed by atoms with Gasteiger partial charge in [0.2, 0.25) is 0 Å². The molecule has 5 heteroatoms. The Balaban J connectivity index is 1.88. The van der Waals surface area contributed by atoms with Gasteiger partial charge in [-0.25, -0.2) is 0 Å². The fraction of sp³-hybridized carbons (Fsp3) is 0.647. The van der Waals surface area contributed by atoms with Crippen LogP contribution in [-0.4, -0.2) is 64.6 Å². The predicted molar refractivity (Wildman–Crippen MR) is 88.9 cm³/mol. The highest BCUT2D eigenvalue weighted by Crippen LogP contribution is 2.30. The molecule has 0 bridgehead atoms. The molecule has 1 N–H and O–H groups in total. The minimum absolute atomic E-state index is 0.233. The zero-order valence-electron chi connectivity index (χ0n) is 13.9. The Labute approximate surface area is 133 Å². The fourth-order valence-corrected chi connectivity index (χ4v) is 2.55. The summed E-state index contributed by atoms with van der Waals surface area (Å²) in [4.78, 5) is 2.37. The van der Waals surface area contributed by atoms with Gasteiger partial charge in [0.25, 0.3) is 0 Å². The summed E-state index contributed by atoms with van der Waals surface area (Å²) in [5.74, 6) is 0.957. The van der Waals surface area contributed by atoms with Crippen molar-refractivity contribution in [3.63, 3.8) is 0 Å². The molecular weight excluding hydrogens is 280 g/mol. The van der Waals surface area contributed by atoms with E-state index in [0.717, 1.165) is 57.3 Å². The van der Waals surface area contributed by atoms with Gasteiger partial charge in [0.05, 0.1) is 25.4 Å². The number of anilines is 1. The SMILES string of the molecule is COCCN(CCOC)CCc1ccc2c(c1)NCC(C)O2. The number of benzene rings is 1. The minimum Gasteiger partial charge on any atom is -0.487 e. The summed E-state index contributed by atoms with van der Waals surface area (Å²) in [5.41, 5.74) is 2.43. The first-order valence-corrected chi connectivity index (χ1v) is 7.96. The lowest BCUT2D eigenvalue weighted by Crippen LogP contribution is -2.32. The van der Waals surface area contributed by atoms with E-state index in [0.29, 0.717) is 0 Å². The lowest BCUT2D eigenvalue weighted by Gasteiger charge is -2.26. The van der Waals surface area contributed by atoms with Crippen LogP contribution in [0.3, 0.4) is 0 Å². The summed E-state index contributed by atoms with van der Waals surface area (Å²) in [6.07, 6.45) is 1.25. The molecular formula is C17H28N2O3. The van der Waals surface area contributed by atoms with Crippen molar-refractivity contribution >= 4 is 5.69 Å². The van der Waals surface area contributed by atoms with Crippen molar-refractivity contribution in [1.82, 2.24) is 4.90 Å². The van der Waals surface area contributed by atoms with Crippen LogP contribution in [0.5, 0.6) is 5.75 Å². The van der Waals surface area contributed by atoms with Crippen LogP contribution in [-0.2, 0) is 15.9 Å². The van der Waals surface area contributed by atoms with Gasteiger partial charge in [-0.15, -0.1) is 0 Å². The molecule has 0 saturated heterocycles. The number of hydrogen-bond donors (Lipinski definition) is 1. The standard InChI is InChI=1S/C17H28N2O3/c1-14-13-18-16-12-15(4-5-17(16)22-14)6-7-19(8-10-20-2)9-11-21-3/h4-5,12,14,18H,6-11,13H2,1-3H3.